The molecule has 0 bridgehead atoms. The van der Waals surface area contributed by atoms with Gasteiger partial charge in [-0.25, -0.2) is 9.97 Å². The predicted molar refractivity (Wildman–Crippen MR) is 82.6 cm³/mol. The standard InChI is InChI=1S/C14H22ClN5/c1-16-12-13(15)17-9-18-14(12)20-7-5-11-10(8-20)4-3-6-19(11)2/h9-11,16H,3-8H2,1-2H3. The highest BCUT2D eigenvalue weighted by Gasteiger charge is 2.35. The first-order valence-electron chi connectivity index (χ1n) is 7.34. The van der Waals surface area contributed by atoms with Crippen LogP contribution < -0.4 is 10.2 Å². The molecule has 6 heteroatoms. The number of nitrogens with one attached hydrogen (secondary N) is 1. The Bertz CT molecular complexity index is 481. The Morgan fingerprint density at radius 2 is 2.15 bits per heavy atom. The van der Waals surface area contributed by atoms with Crippen LogP contribution in [0.5, 0.6) is 0 Å². The van der Waals surface area contributed by atoms with Crippen LogP contribution in [0.15, 0.2) is 6.33 Å². The summed E-state index contributed by atoms with van der Waals surface area (Å²) in [6, 6.07) is 0.732. The fraction of sp³-hybridized carbons (Fsp3) is 0.714. The predicted octanol–water partition coefficient (Wildman–Crippen LogP) is 2.09. The molecule has 3 heterocycles. The average molecular weight is 296 g/mol. The fourth-order valence-corrected chi connectivity index (χ4v) is 3.88. The van der Waals surface area contributed by atoms with Crippen molar-refractivity contribution in [1.29, 1.82) is 0 Å². The number of rotatable bonds is 2. The van der Waals surface area contributed by atoms with E-state index in [1.807, 2.05) is 7.05 Å². The molecular weight excluding hydrogens is 274 g/mol. The van der Waals surface area contributed by atoms with E-state index in [-0.39, 0.29) is 0 Å². The number of fused-ring (bicyclic) bond motifs is 1. The van der Waals surface area contributed by atoms with Gasteiger partial charge < -0.3 is 15.1 Å². The fourth-order valence-electron chi connectivity index (χ4n) is 3.66. The van der Waals surface area contributed by atoms with Gasteiger partial charge in [-0.2, -0.15) is 0 Å². The highest BCUT2D eigenvalue weighted by molar-refractivity contribution is 6.32. The molecule has 1 N–H and O–H groups in total. The monoisotopic (exact) mass is 295 g/mol. The van der Waals surface area contributed by atoms with Gasteiger partial charge in [0.1, 0.15) is 12.0 Å². The van der Waals surface area contributed by atoms with E-state index in [1.54, 1.807) is 6.33 Å². The molecule has 2 saturated heterocycles. The van der Waals surface area contributed by atoms with Gasteiger partial charge in [-0.15, -0.1) is 0 Å². The molecule has 0 aliphatic carbocycles. The molecule has 0 spiro atoms. The van der Waals surface area contributed by atoms with Gasteiger partial charge in [-0.05, 0) is 38.8 Å². The Kier molecular flexibility index (Phi) is 3.98. The smallest absolute Gasteiger partial charge is 0.157 e. The van der Waals surface area contributed by atoms with E-state index in [4.69, 9.17) is 11.6 Å². The van der Waals surface area contributed by atoms with Crippen LogP contribution in [0.25, 0.3) is 0 Å². The maximum atomic E-state index is 6.16. The molecule has 110 valence electrons. The van der Waals surface area contributed by atoms with Crippen LogP contribution in [-0.4, -0.2) is 54.6 Å². The van der Waals surface area contributed by atoms with Crippen molar-refractivity contribution in [2.24, 2.45) is 5.92 Å². The van der Waals surface area contributed by atoms with Crippen molar-refractivity contribution in [1.82, 2.24) is 14.9 Å². The number of anilines is 2. The minimum atomic E-state index is 0.500. The zero-order chi connectivity index (χ0) is 14.1. The Labute approximate surface area is 125 Å². The number of nitrogens with zero attached hydrogens (tertiary/aromatic N) is 4. The number of hydrogen-bond donors (Lipinski definition) is 1. The van der Waals surface area contributed by atoms with Crippen LogP contribution in [-0.2, 0) is 0 Å². The summed E-state index contributed by atoms with van der Waals surface area (Å²) in [5, 5.41) is 3.63. The number of piperidine rings is 2. The lowest BCUT2D eigenvalue weighted by molar-refractivity contribution is 0.102. The summed E-state index contributed by atoms with van der Waals surface area (Å²) >= 11 is 6.16. The van der Waals surface area contributed by atoms with Gasteiger partial charge in [-0.1, -0.05) is 11.6 Å². The maximum absolute atomic E-state index is 6.16. The van der Waals surface area contributed by atoms with Gasteiger partial charge in [0.05, 0.1) is 0 Å². The lowest BCUT2D eigenvalue weighted by Crippen LogP contribution is -2.53. The number of halogens is 1. The summed E-state index contributed by atoms with van der Waals surface area (Å²) < 4.78 is 0. The molecule has 0 amide bonds. The molecule has 20 heavy (non-hydrogen) atoms. The van der Waals surface area contributed by atoms with Crippen LogP contribution >= 0.6 is 11.6 Å². The lowest BCUT2D eigenvalue weighted by Gasteiger charge is -2.46. The largest absolute Gasteiger partial charge is 0.383 e. The van der Waals surface area contributed by atoms with E-state index >= 15 is 0 Å². The third-order valence-corrected chi connectivity index (χ3v) is 4.96. The van der Waals surface area contributed by atoms with Crippen LogP contribution in [0.4, 0.5) is 11.5 Å². The van der Waals surface area contributed by atoms with E-state index in [9.17, 15) is 0 Å². The van der Waals surface area contributed by atoms with Gasteiger partial charge in [0.25, 0.3) is 0 Å². The normalized spacial score (nSPS) is 27.2. The molecule has 2 fully saturated rings. The molecule has 2 unspecified atom stereocenters. The highest BCUT2D eigenvalue weighted by atomic mass is 35.5. The Hall–Kier alpha value is -1.07. The molecule has 2 atom stereocenters. The van der Waals surface area contributed by atoms with Crippen LogP contribution in [0, 0.1) is 5.92 Å². The molecule has 5 nitrogen and oxygen atoms in total. The molecule has 0 aromatic carbocycles. The van der Waals surface area contributed by atoms with Gasteiger partial charge in [0, 0.05) is 26.2 Å². The molecule has 0 radical (unpaired) electrons. The lowest BCUT2D eigenvalue weighted by atomic mass is 9.84. The van der Waals surface area contributed by atoms with Crippen molar-refractivity contribution >= 4 is 23.1 Å². The van der Waals surface area contributed by atoms with Gasteiger partial charge in [0.15, 0.2) is 11.0 Å². The van der Waals surface area contributed by atoms with Crippen LogP contribution in [0.1, 0.15) is 19.3 Å². The molecule has 0 saturated carbocycles. The van der Waals surface area contributed by atoms with E-state index in [1.165, 1.54) is 25.8 Å². The summed E-state index contributed by atoms with van der Waals surface area (Å²) in [5.41, 5.74) is 0.844. The van der Waals surface area contributed by atoms with Crippen molar-refractivity contribution in [3.05, 3.63) is 11.5 Å². The van der Waals surface area contributed by atoms with E-state index < -0.39 is 0 Å². The van der Waals surface area contributed by atoms with Gasteiger partial charge in [-0.3, -0.25) is 0 Å². The molecule has 2 aliphatic heterocycles. The molecule has 3 rings (SSSR count). The third-order valence-electron chi connectivity index (χ3n) is 4.68. The van der Waals surface area contributed by atoms with Crippen molar-refractivity contribution in [2.75, 3.05) is 43.9 Å². The molecular formula is C14H22ClN5. The summed E-state index contributed by atoms with van der Waals surface area (Å²) in [6.07, 6.45) is 5.37. The second-order valence-electron chi connectivity index (χ2n) is 5.80. The zero-order valence-electron chi connectivity index (χ0n) is 12.1. The minimum absolute atomic E-state index is 0.500. The second kappa shape index (κ2) is 5.74. The van der Waals surface area contributed by atoms with Crippen molar-refractivity contribution in [2.45, 2.75) is 25.3 Å². The van der Waals surface area contributed by atoms with Crippen molar-refractivity contribution in [3.63, 3.8) is 0 Å². The number of hydrogen-bond acceptors (Lipinski definition) is 5. The van der Waals surface area contributed by atoms with Gasteiger partial charge >= 0.3 is 0 Å². The maximum Gasteiger partial charge on any atom is 0.157 e. The average Bonchev–Trinajstić information content (AvgIpc) is 2.47. The van der Waals surface area contributed by atoms with Gasteiger partial charge in [0.2, 0.25) is 0 Å². The second-order valence-corrected chi connectivity index (χ2v) is 6.16. The SMILES string of the molecule is CNc1c(Cl)ncnc1N1CCC2C(CCCN2C)C1. The van der Waals surface area contributed by atoms with E-state index in [0.717, 1.165) is 36.6 Å². The number of aromatic nitrogens is 2. The Morgan fingerprint density at radius 1 is 1.30 bits per heavy atom. The Morgan fingerprint density at radius 3 is 2.95 bits per heavy atom. The van der Waals surface area contributed by atoms with Crippen LogP contribution in [0.3, 0.4) is 0 Å². The molecule has 1 aromatic heterocycles. The summed E-state index contributed by atoms with van der Waals surface area (Å²) in [6.45, 7) is 3.34. The minimum Gasteiger partial charge on any atom is -0.383 e. The van der Waals surface area contributed by atoms with Crippen LogP contribution in [0.2, 0.25) is 5.15 Å². The van der Waals surface area contributed by atoms with Crippen molar-refractivity contribution in [3.8, 4) is 0 Å². The summed E-state index contributed by atoms with van der Waals surface area (Å²) in [5.74, 6) is 1.68. The Balaban J connectivity index is 1.81. The van der Waals surface area contributed by atoms with E-state index in [2.05, 4.69) is 32.1 Å². The third kappa shape index (κ3) is 2.44. The molecule has 2 aliphatic rings. The molecule has 1 aromatic rings. The topological polar surface area (TPSA) is 44.3 Å². The highest BCUT2D eigenvalue weighted by Crippen LogP contribution is 2.35. The summed E-state index contributed by atoms with van der Waals surface area (Å²) in [7, 11) is 4.13. The van der Waals surface area contributed by atoms with E-state index in [0.29, 0.717) is 5.15 Å². The van der Waals surface area contributed by atoms with Crippen molar-refractivity contribution < 1.29 is 0 Å². The number of likely N-dealkylation sites (tertiary alicyclic amines) is 1. The quantitative estimate of drug-likeness (QED) is 0.847. The zero-order valence-corrected chi connectivity index (χ0v) is 12.9. The first kappa shape index (κ1) is 13.9. The first-order chi connectivity index (χ1) is 9.70. The first-order valence-corrected chi connectivity index (χ1v) is 7.72. The summed E-state index contributed by atoms with van der Waals surface area (Å²) in [4.78, 5) is 13.4.